The molecule has 19 heavy (non-hydrogen) atoms. The molecule has 1 aromatic rings. The molecule has 1 aromatic heterocycles. The van der Waals surface area contributed by atoms with Crippen molar-refractivity contribution in [2.75, 3.05) is 19.7 Å². The zero-order chi connectivity index (χ0) is 14.6. The molecule has 0 bridgehead atoms. The average Bonchev–Trinajstić information content (AvgIpc) is 2.34. The standard InChI is InChI=1S/C14H24N2O3/c1-5-15(6-7-17)9-12-14(19)13(18)8-11(4)16(12)10(2)3/h8,10,17,19H,5-7,9H2,1-4H3. The van der Waals surface area contributed by atoms with E-state index in [-0.39, 0.29) is 23.8 Å². The maximum absolute atomic E-state index is 11.7. The molecule has 0 spiro atoms. The highest BCUT2D eigenvalue weighted by Gasteiger charge is 2.17. The van der Waals surface area contributed by atoms with Gasteiger partial charge in [0, 0.05) is 30.9 Å². The molecule has 2 N–H and O–H groups in total. The number of aliphatic hydroxyl groups excluding tert-OH is 1. The van der Waals surface area contributed by atoms with Crippen molar-refractivity contribution in [3.63, 3.8) is 0 Å². The third-order valence-corrected chi connectivity index (χ3v) is 3.27. The molecule has 0 aromatic carbocycles. The molecule has 1 rings (SSSR count). The topological polar surface area (TPSA) is 65.7 Å². The van der Waals surface area contributed by atoms with Crippen LogP contribution in [0.5, 0.6) is 5.75 Å². The fraction of sp³-hybridized carbons (Fsp3) is 0.643. The van der Waals surface area contributed by atoms with E-state index < -0.39 is 0 Å². The number of pyridine rings is 1. The van der Waals surface area contributed by atoms with E-state index in [1.165, 1.54) is 6.07 Å². The van der Waals surface area contributed by atoms with Crippen LogP contribution >= 0.6 is 0 Å². The van der Waals surface area contributed by atoms with Gasteiger partial charge in [0.2, 0.25) is 5.43 Å². The Hall–Kier alpha value is -1.33. The summed E-state index contributed by atoms with van der Waals surface area (Å²) >= 11 is 0. The van der Waals surface area contributed by atoms with Crippen LogP contribution in [0.25, 0.3) is 0 Å². The molecule has 0 saturated carbocycles. The summed E-state index contributed by atoms with van der Waals surface area (Å²) in [4.78, 5) is 13.7. The van der Waals surface area contributed by atoms with Crippen molar-refractivity contribution in [2.45, 2.75) is 40.3 Å². The number of aromatic nitrogens is 1. The number of nitrogens with zero attached hydrogens (tertiary/aromatic N) is 2. The number of likely N-dealkylation sites (N-methyl/N-ethyl adjacent to an activating group) is 1. The molecule has 5 heteroatoms. The van der Waals surface area contributed by atoms with E-state index in [4.69, 9.17) is 5.11 Å². The quantitative estimate of drug-likeness (QED) is 0.815. The summed E-state index contributed by atoms with van der Waals surface area (Å²) in [5.41, 5.74) is 1.12. The third-order valence-electron chi connectivity index (χ3n) is 3.27. The number of aromatic hydroxyl groups is 1. The Morgan fingerprint density at radius 3 is 2.53 bits per heavy atom. The Morgan fingerprint density at radius 2 is 2.05 bits per heavy atom. The molecular formula is C14H24N2O3. The van der Waals surface area contributed by atoms with Gasteiger partial charge in [-0.25, -0.2) is 0 Å². The van der Waals surface area contributed by atoms with Crippen molar-refractivity contribution in [3.05, 3.63) is 27.7 Å². The van der Waals surface area contributed by atoms with Gasteiger partial charge < -0.3 is 14.8 Å². The lowest BCUT2D eigenvalue weighted by atomic mass is 10.2. The second-order valence-electron chi connectivity index (χ2n) is 5.00. The van der Waals surface area contributed by atoms with Crippen LogP contribution in [0, 0.1) is 6.92 Å². The van der Waals surface area contributed by atoms with Gasteiger partial charge in [-0.15, -0.1) is 0 Å². The first-order valence-electron chi connectivity index (χ1n) is 6.69. The molecule has 0 fully saturated rings. The number of rotatable bonds is 6. The van der Waals surface area contributed by atoms with Gasteiger partial charge in [-0.05, 0) is 27.3 Å². The lowest BCUT2D eigenvalue weighted by Crippen LogP contribution is -2.30. The second-order valence-corrected chi connectivity index (χ2v) is 5.00. The summed E-state index contributed by atoms with van der Waals surface area (Å²) < 4.78 is 1.97. The van der Waals surface area contributed by atoms with Crippen LogP contribution < -0.4 is 5.43 Å². The van der Waals surface area contributed by atoms with Gasteiger partial charge in [-0.2, -0.15) is 0 Å². The molecular weight excluding hydrogens is 244 g/mol. The van der Waals surface area contributed by atoms with Crippen molar-refractivity contribution in [1.82, 2.24) is 9.47 Å². The van der Waals surface area contributed by atoms with Crippen molar-refractivity contribution in [1.29, 1.82) is 0 Å². The molecule has 0 aliphatic carbocycles. The van der Waals surface area contributed by atoms with E-state index in [0.29, 0.717) is 18.8 Å². The van der Waals surface area contributed by atoms with Crippen molar-refractivity contribution in [3.8, 4) is 5.75 Å². The molecule has 0 saturated heterocycles. The maximum atomic E-state index is 11.7. The maximum Gasteiger partial charge on any atom is 0.223 e. The lowest BCUT2D eigenvalue weighted by Gasteiger charge is -2.26. The normalized spacial score (nSPS) is 11.5. The minimum atomic E-state index is -0.343. The van der Waals surface area contributed by atoms with Crippen LogP contribution in [0.3, 0.4) is 0 Å². The summed E-state index contributed by atoms with van der Waals surface area (Å²) in [6, 6.07) is 1.62. The number of aliphatic hydroxyl groups is 1. The molecule has 0 unspecified atom stereocenters. The Bertz CT molecular complexity index is 480. The first-order valence-corrected chi connectivity index (χ1v) is 6.69. The van der Waals surface area contributed by atoms with Gasteiger partial charge in [0.25, 0.3) is 0 Å². The van der Waals surface area contributed by atoms with E-state index in [0.717, 1.165) is 12.2 Å². The van der Waals surface area contributed by atoms with E-state index in [1.54, 1.807) is 0 Å². The zero-order valence-corrected chi connectivity index (χ0v) is 12.2. The Balaban J connectivity index is 3.27. The van der Waals surface area contributed by atoms with Crippen LogP contribution in [-0.4, -0.2) is 39.4 Å². The van der Waals surface area contributed by atoms with Gasteiger partial charge in [0.15, 0.2) is 5.75 Å². The van der Waals surface area contributed by atoms with Crippen molar-refractivity contribution < 1.29 is 10.2 Å². The van der Waals surface area contributed by atoms with Gasteiger partial charge in [-0.3, -0.25) is 9.69 Å². The second kappa shape index (κ2) is 6.73. The molecule has 0 atom stereocenters. The summed E-state index contributed by atoms with van der Waals surface area (Å²) in [6.07, 6.45) is 0. The van der Waals surface area contributed by atoms with E-state index in [9.17, 15) is 9.90 Å². The van der Waals surface area contributed by atoms with Gasteiger partial charge in [0.1, 0.15) is 0 Å². The first kappa shape index (κ1) is 15.7. The van der Waals surface area contributed by atoms with Gasteiger partial charge in [0.05, 0.1) is 12.3 Å². The third kappa shape index (κ3) is 3.58. The minimum absolute atomic E-state index is 0.0618. The van der Waals surface area contributed by atoms with Crippen molar-refractivity contribution in [2.24, 2.45) is 0 Å². The van der Waals surface area contributed by atoms with E-state index in [1.807, 2.05) is 37.2 Å². The zero-order valence-electron chi connectivity index (χ0n) is 12.2. The largest absolute Gasteiger partial charge is 0.503 e. The molecule has 108 valence electrons. The van der Waals surface area contributed by atoms with Gasteiger partial charge >= 0.3 is 0 Å². The summed E-state index contributed by atoms with van der Waals surface area (Å²) in [6.45, 7) is 9.68. The molecule has 0 aliphatic rings. The number of hydrogen-bond donors (Lipinski definition) is 2. The molecule has 0 amide bonds. The molecule has 5 nitrogen and oxygen atoms in total. The van der Waals surface area contributed by atoms with Crippen LogP contribution in [0.15, 0.2) is 10.9 Å². The summed E-state index contributed by atoms with van der Waals surface area (Å²) in [5.74, 6) is -0.185. The van der Waals surface area contributed by atoms with Crippen LogP contribution in [0.2, 0.25) is 0 Å². The fourth-order valence-corrected chi connectivity index (χ4v) is 2.37. The highest BCUT2D eigenvalue weighted by molar-refractivity contribution is 5.30. The molecule has 0 aliphatic heterocycles. The number of aryl methyl sites for hydroxylation is 1. The summed E-state index contributed by atoms with van der Waals surface area (Å²) in [7, 11) is 0. The minimum Gasteiger partial charge on any atom is -0.503 e. The fourth-order valence-electron chi connectivity index (χ4n) is 2.37. The predicted molar refractivity (Wildman–Crippen MR) is 75.5 cm³/mol. The molecule has 0 radical (unpaired) electrons. The summed E-state index contributed by atoms with van der Waals surface area (Å²) in [5, 5.41) is 19.1. The van der Waals surface area contributed by atoms with Crippen LogP contribution in [0.1, 0.15) is 38.2 Å². The lowest BCUT2D eigenvalue weighted by molar-refractivity contribution is 0.191. The van der Waals surface area contributed by atoms with Crippen LogP contribution in [0.4, 0.5) is 0 Å². The monoisotopic (exact) mass is 268 g/mol. The SMILES string of the molecule is CCN(CCO)Cc1c(O)c(=O)cc(C)n1C(C)C. The Kier molecular flexibility index (Phi) is 5.57. The number of hydrogen-bond acceptors (Lipinski definition) is 4. The Morgan fingerprint density at radius 1 is 1.42 bits per heavy atom. The highest BCUT2D eigenvalue weighted by Crippen LogP contribution is 2.21. The first-order chi connectivity index (χ1) is 8.92. The van der Waals surface area contributed by atoms with Crippen molar-refractivity contribution >= 4 is 0 Å². The van der Waals surface area contributed by atoms with E-state index >= 15 is 0 Å². The van der Waals surface area contributed by atoms with Crippen LogP contribution in [-0.2, 0) is 6.54 Å². The average molecular weight is 268 g/mol. The molecule has 1 heterocycles. The van der Waals surface area contributed by atoms with Gasteiger partial charge in [-0.1, -0.05) is 6.92 Å². The predicted octanol–water partition coefficient (Wildman–Crippen LogP) is 1.26. The highest BCUT2D eigenvalue weighted by atomic mass is 16.3. The Labute approximate surface area is 114 Å². The van der Waals surface area contributed by atoms with E-state index in [2.05, 4.69) is 0 Å². The smallest absolute Gasteiger partial charge is 0.223 e.